The van der Waals surface area contributed by atoms with Gasteiger partial charge in [0.05, 0.1) is 6.42 Å². The van der Waals surface area contributed by atoms with Gasteiger partial charge < -0.3 is 20.5 Å². The minimum Gasteiger partial charge on any atom is -0.481 e. The molecule has 2 aromatic carbocycles. The van der Waals surface area contributed by atoms with Gasteiger partial charge in [-0.15, -0.1) is 0 Å². The summed E-state index contributed by atoms with van der Waals surface area (Å²) in [4.78, 5) is 23.7. The predicted octanol–water partition coefficient (Wildman–Crippen LogP) is 6.25. The molecule has 0 radical (unpaired) electrons. The molecule has 2 amide bonds. The summed E-state index contributed by atoms with van der Waals surface area (Å²) >= 11 is 0. The molecule has 2 atom stereocenters. The summed E-state index contributed by atoms with van der Waals surface area (Å²) < 4.78 is 45.9. The zero-order chi connectivity index (χ0) is 23.9. The minimum absolute atomic E-state index is 0.0910. The van der Waals surface area contributed by atoms with Gasteiger partial charge in [0.2, 0.25) is 0 Å². The second-order valence-corrected chi connectivity index (χ2v) is 7.37. The van der Waals surface area contributed by atoms with Gasteiger partial charge in [-0.2, -0.15) is 13.2 Å². The second-order valence-electron chi connectivity index (χ2n) is 7.37. The number of aryl methyl sites for hydroxylation is 1. The lowest BCUT2D eigenvalue weighted by molar-refractivity contribution is -0.222. The first-order chi connectivity index (χ1) is 15.0. The number of rotatable bonds is 9. The first-order valence-corrected chi connectivity index (χ1v) is 10.2. The summed E-state index contributed by atoms with van der Waals surface area (Å²) in [6.45, 7) is 4.94. The summed E-state index contributed by atoms with van der Waals surface area (Å²) in [6, 6.07) is 10.3. The molecule has 0 aliphatic rings. The number of alkyl halides is 3. The number of carbonyl (C=O) groups is 2. The normalized spacial score (nSPS) is 13.3. The van der Waals surface area contributed by atoms with Crippen molar-refractivity contribution in [3.63, 3.8) is 0 Å². The smallest absolute Gasteiger partial charge is 0.418 e. The molecule has 9 heteroatoms. The number of carbonyl (C=O) groups excluding carboxylic acids is 1. The molecule has 3 N–H and O–H groups in total. The van der Waals surface area contributed by atoms with Gasteiger partial charge in [-0.05, 0) is 49.9 Å². The largest absolute Gasteiger partial charge is 0.481 e. The Balaban J connectivity index is 2.43. The number of carboxylic acid groups (broad SMARTS) is 1. The number of amides is 2. The number of ether oxygens (including phenoxy) is 1. The number of benzene rings is 2. The van der Waals surface area contributed by atoms with E-state index in [0.717, 1.165) is 5.56 Å². The van der Waals surface area contributed by atoms with Gasteiger partial charge in [0.15, 0.2) is 6.10 Å². The van der Waals surface area contributed by atoms with Crippen molar-refractivity contribution in [3.8, 4) is 0 Å². The third-order valence-electron chi connectivity index (χ3n) is 4.93. The van der Waals surface area contributed by atoms with Crippen LogP contribution in [0.25, 0.3) is 0 Å². The van der Waals surface area contributed by atoms with Crippen molar-refractivity contribution in [1.82, 2.24) is 0 Å². The van der Waals surface area contributed by atoms with Crippen LogP contribution in [0.5, 0.6) is 0 Å². The third kappa shape index (κ3) is 6.98. The Bertz CT molecular complexity index is 930. The summed E-state index contributed by atoms with van der Waals surface area (Å²) in [5.74, 6) is -1.44. The average Bonchev–Trinajstić information content (AvgIpc) is 2.71. The maximum absolute atomic E-state index is 13.7. The predicted molar refractivity (Wildman–Crippen MR) is 116 cm³/mol. The summed E-state index contributed by atoms with van der Waals surface area (Å²) in [6.07, 6.45) is -6.66. The number of nitrogens with one attached hydrogen (secondary N) is 2. The van der Waals surface area contributed by atoms with Crippen molar-refractivity contribution in [2.75, 3.05) is 17.2 Å². The molecule has 32 heavy (non-hydrogen) atoms. The fourth-order valence-corrected chi connectivity index (χ4v) is 3.32. The lowest BCUT2D eigenvalue weighted by Crippen LogP contribution is -2.27. The minimum atomic E-state index is -4.70. The molecule has 0 aliphatic heterocycles. The van der Waals surface area contributed by atoms with Gasteiger partial charge in [0.1, 0.15) is 0 Å². The van der Waals surface area contributed by atoms with Crippen molar-refractivity contribution in [3.05, 3.63) is 59.2 Å². The zero-order valence-corrected chi connectivity index (χ0v) is 18.1. The first kappa shape index (κ1) is 25.2. The highest BCUT2D eigenvalue weighted by molar-refractivity contribution is 6.00. The van der Waals surface area contributed by atoms with Gasteiger partial charge in [-0.3, -0.25) is 4.79 Å². The van der Waals surface area contributed by atoms with Crippen LogP contribution in [0.3, 0.4) is 0 Å². The van der Waals surface area contributed by atoms with E-state index in [0.29, 0.717) is 17.7 Å². The van der Waals surface area contributed by atoms with Crippen molar-refractivity contribution in [1.29, 1.82) is 0 Å². The van der Waals surface area contributed by atoms with E-state index in [-0.39, 0.29) is 24.3 Å². The van der Waals surface area contributed by atoms with Gasteiger partial charge in [0, 0.05) is 23.5 Å². The van der Waals surface area contributed by atoms with E-state index in [1.165, 1.54) is 25.1 Å². The van der Waals surface area contributed by atoms with Crippen molar-refractivity contribution >= 4 is 23.4 Å². The van der Waals surface area contributed by atoms with Crippen LogP contribution < -0.4 is 10.6 Å². The van der Waals surface area contributed by atoms with Crippen LogP contribution in [0, 0.1) is 6.92 Å². The van der Waals surface area contributed by atoms with E-state index in [1.54, 1.807) is 31.2 Å². The van der Waals surface area contributed by atoms with Crippen LogP contribution in [0.15, 0.2) is 42.5 Å². The lowest BCUT2D eigenvalue weighted by Gasteiger charge is -2.25. The molecular weight excluding hydrogens is 425 g/mol. The Morgan fingerprint density at radius 3 is 2.25 bits per heavy atom. The Hall–Kier alpha value is -3.07. The fourth-order valence-electron chi connectivity index (χ4n) is 3.32. The first-order valence-electron chi connectivity index (χ1n) is 10.2. The molecular formula is C23H27F3N2O4. The molecule has 0 fully saturated rings. The van der Waals surface area contributed by atoms with E-state index in [9.17, 15) is 22.8 Å². The van der Waals surface area contributed by atoms with Gasteiger partial charge in [0.25, 0.3) is 0 Å². The number of hydrogen-bond donors (Lipinski definition) is 3. The van der Waals surface area contributed by atoms with Crippen molar-refractivity contribution < 1.29 is 32.6 Å². The second kappa shape index (κ2) is 11.0. The molecule has 174 valence electrons. The van der Waals surface area contributed by atoms with E-state index in [4.69, 9.17) is 9.84 Å². The number of anilines is 2. The summed E-state index contributed by atoms with van der Waals surface area (Å²) in [5, 5.41) is 14.2. The quantitative estimate of drug-likeness (QED) is 0.420. The molecule has 0 heterocycles. The number of carboxylic acids is 1. The molecule has 0 aromatic heterocycles. The average molecular weight is 452 g/mol. The Morgan fingerprint density at radius 1 is 1.06 bits per heavy atom. The van der Waals surface area contributed by atoms with Crippen molar-refractivity contribution in [2.24, 2.45) is 0 Å². The van der Waals surface area contributed by atoms with Crippen LogP contribution in [0.2, 0.25) is 0 Å². The van der Waals surface area contributed by atoms with Crippen LogP contribution in [0.4, 0.5) is 29.3 Å². The molecule has 0 spiro atoms. The highest BCUT2D eigenvalue weighted by Gasteiger charge is 2.43. The third-order valence-corrected chi connectivity index (χ3v) is 4.93. The highest BCUT2D eigenvalue weighted by atomic mass is 19.4. The van der Waals surface area contributed by atoms with Crippen LogP contribution >= 0.6 is 0 Å². The van der Waals surface area contributed by atoms with Crippen molar-refractivity contribution in [2.45, 2.75) is 51.8 Å². The molecule has 0 unspecified atom stereocenters. The van der Waals surface area contributed by atoms with Crippen LogP contribution in [-0.2, 0) is 9.53 Å². The van der Waals surface area contributed by atoms with E-state index < -0.39 is 30.2 Å². The SMILES string of the molecule is CCO[C@H](c1ccc([C@H](CC)CC(=O)O)cc1NC(=O)Nc1ccc(C)cc1)C(F)(F)F. The monoisotopic (exact) mass is 452 g/mol. The Morgan fingerprint density at radius 2 is 1.72 bits per heavy atom. The van der Waals surface area contributed by atoms with E-state index in [1.807, 2.05) is 6.92 Å². The van der Waals surface area contributed by atoms with Crippen LogP contribution in [0.1, 0.15) is 55.4 Å². The number of halogens is 3. The molecule has 0 bridgehead atoms. The van der Waals surface area contributed by atoms with E-state index >= 15 is 0 Å². The van der Waals surface area contributed by atoms with E-state index in [2.05, 4.69) is 10.6 Å². The zero-order valence-electron chi connectivity index (χ0n) is 18.1. The Kier molecular flexibility index (Phi) is 8.65. The molecule has 2 rings (SSSR count). The summed E-state index contributed by atoms with van der Waals surface area (Å²) in [5.41, 5.74) is 1.63. The standard InChI is InChI=1S/C23H27F3N2O4/c1-4-15(13-20(29)30)16-8-11-18(21(32-5-2)23(24,25)26)19(12-16)28-22(31)27-17-9-6-14(3)7-10-17/h6-12,15,21H,4-5,13H2,1-3H3,(H,29,30)(H2,27,28,31)/t15-,21-/m1/s1. The Labute approximate surface area is 184 Å². The number of hydrogen-bond acceptors (Lipinski definition) is 3. The maximum atomic E-state index is 13.7. The molecule has 0 saturated heterocycles. The molecule has 6 nitrogen and oxygen atoms in total. The summed E-state index contributed by atoms with van der Waals surface area (Å²) in [7, 11) is 0. The molecule has 2 aromatic rings. The molecule has 0 aliphatic carbocycles. The van der Waals surface area contributed by atoms with Gasteiger partial charge in [-0.25, -0.2) is 4.79 Å². The van der Waals surface area contributed by atoms with Gasteiger partial charge >= 0.3 is 18.2 Å². The lowest BCUT2D eigenvalue weighted by atomic mass is 9.91. The maximum Gasteiger partial charge on any atom is 0.418 e. The van der Waals surface area contributed by atoms with Crippen LogP contribution in [-0.4, -0.2) is 29.9 Å². The highest BCUT2D eigenvalue weighted by Crippen LogP contribution is 2.40. The van der Waals surface area contributed by atoms with Gasteiger partial charge in [-0.1, -0.05) is 36.8 Å². The molecule has 0 saturated carbocycles. The fraction of sp³-hybridized carbons (Fsp3) is 0.391. The topological polar surface area (TPSA) is 87.7 Å². The number of aliphatic carboxylic acids is 1. The number of urea groups is 1.